The van der Waals surface area contributed by atoms with Crippen LogP contribution in [0.3, 0.4) is 0 Å². The summed E-state index contributed by atoms with van der Waals surface area (Å²) in [7, 11) is 0. The lowest BCUT2D eigenvalue weighted by Gasteiger charge is -2.16. The van der Waals surface area contributed by atoms with E-state index in [2.05, 4.69) is 4.90 Å². The Labute approximate surface area is 124 Å². The van der Waals surface area contributed by atoms with Crippen LogP contribution in [-0.2, 0) is 6.54 Å². The van der Waals surface area contributed by atoms with E-state index >= 15 is 0 Å². The van der Waals surface area contributed by atoms with E-state index < -0.39 is 0 Å². The van der Waals surface area contributed by atoms with Gasteiger partial charge in [0.05, 0.1) is 11.6 Å². The fraction of sp³-hybridized carbons (Fsp3) is 0.571. The molecule has 0 bridgehead atoms. The van der Waals surface area contributed by atoms with E-state index in [1.165, 1.54) is 25.9 Å². The van der Waals surface area contributed by atoms with E-state index in [1.54, 1.807) is 6.07 Å². The Kier molecular flexibility index (Phi) is 5.76. The normalized spacial score (nSPS) is 15.9. The van der Waals surface area contributed by atoms with Crippen molar-refractivity contribution in [3.63, 3.8) is 0 Å². The molecule has 1 aliphatic rings. The summed E-state index contributed by atoms with van der Waals surface area (Å²) >= 11 is 12.1. The molecule has 0 saturated carbocycles. The summed E-state index contributed by atoms with van der Waals surface area (Å²) in [6.07, 6.45) is 3.64. The maximum absolute atomic E-state index is 6.14. The lowest BCUT2D eigenvalue weighted by atomic mass is 10.2. The average Bonchev–Trinajstić information content (AvgIpc) is 2.89. The molecule has 1 fully saturated rings. The molecule has 1 saturated heterocycles. The number of halogens is 2. The minimum atomic E-state index is 0.377. The summed E-state index contributed by atoms with van der Waals surface area (Å²) in [6, 6.07) is 3.50. The van der Waals surface area contributed by atoms with Gasteiger partial charge < -0.3 is 15.4 Å². The van der Waals surface area contributed by atoms with Crippen LogP contribution in [0.2, 0.25) is 10.0 Å². The van der Waals surface area contributed by atoms with E-state index in [0.717, 1.165) is 18.5 Å². The van der Waals surface area contributed by atoms with Gasteiger partial charge in [-0.3, -0.25) is 0 Å². The number of likely N-dealkylation sites (tertiary alicyclic amines) is 1. The van der Waals surface area contributed by atoms with Gasteiger partial charge in [-0.2, -0.15) is 0 Å². The van der Waals surface area contributed by atoms with Gasteiger partial charge in [0.15, 0.2) is 0 Å². The second kappa shape index (κ2) is 7.34. The zero-order valence-electron chi connectivity index (χ0n) is 11.0. The number of hydrogen-bond donors (Lipinski definition) is 1. The zero-order valence-corrected chi connectivity index (χ0v) is 12.5. The number of hydrogen-bond acceptors (Lipinski definition) is 3. The summed E-state index contributed by atoms with van der Waals surface area (Å²) in [5.41, 5.74) is 6.55. The lowest BCUT2D eigenvalue weighted by molar-refractivity contribution is 0.262. The quantitative estimate of drug-likeness (QED) is 0.819. The van der Waals surface area contributed by atoms with Crippen molar-refractivity contribution in [2.75, 3.05) is 26.2 Å². The summed E-state index contributed by atoms with van der Waals surface area (Å²) in [6.45, 7) is 4.56. The second-order valence-electron chi connectivity index (χ2n) is 4.83. The van der Waals surface area contributed by atoms with Gasteiger partial charge >= 0.3 is 0 Å². The van der Waals surface area contributed by atoms with Crippen LogP contribution < -0.4 is 10.5 Å². The fourth-order valence-electron chi connectivity index (χ4n) is 2.40. The van der Waals surface area contributed by atoms with E-state index in [0.29, 0.717) is 28.9 Å². The molecule has 0 aliphatic carbocycles. The molecular weight excluding hydrogens is 283 g/mol. The first-order valence-electron chi connectivity index (χ1n) is 6.74. The number of nitrogens with zero attached hydrogens (tertiary/aromatic N) is 1. The molecule has 0 radical (unpaired) electrons. The van der Waals surface area contributed by atoms with Crippen LogP contribution in [0.25, 0.3) is 0 Å². The third-order valence-electron chi connectivity index (χ3n) is 3.37. The molecule has 0 unspecified atom stereocenters. The lowest BCUT2D eigenvalue weighted by Crippen LogP contribution is -2.22. The first-order valence-corrected chi connectivity index (χ1v) is 7.49. The van der Waals surface area contributed by atoms with Crippen LogP contribution >= 0.6 is 23.2 Å². The Bertz CT molecular complexity index is 420. The standard InChI is InChI=1S/C14H20Cl2N2O/c15-12-8-11(10-17)14(13(16)9-12)19-7-3-6-18-4-1-2-5-18/h8-9H,1-7,10,17H2. The van der Waals surface area contributed by atoms with Crippen LogP contribution in [0.5, 0.6) is 5.75 Å². The molecule has 2 rings (SSSR count). The third kappa shape index (κ3) is 4.25. The molecule has 0 spiro atoms. The number of ether oxygens (including phenoxy) is 1. The van der Waals surface area contributed by atoms with Gasteiger partial charge in [0, 0.05) is 23.7 Å². The molecule has 19 heavy (non-hydrogen) atoms. The topological polar surface area (TPSA) is 38.5 Å². The molecule has 0 amide bonds. The van der Waals surface area contributed by atoms with Crippen LogP contribution in [0.15, 0.2) is 12.1 Å². The molecular formula is C14H20Cl2N2O. The van der Waals surface area contributed by atoms with Crippen molar-refractivity contribution in [3.05, 3.63) is 27.7 Å². The third-order valence-corrected chi connectivity index (χ3v) is 3.87. The Balaban J connectivity index is 1.84. The van der Waals surface area contributed by atoms with Crippen LogP contribution in [0.1, 0.15) is 24.8 Å². The molecule has 1 aromatic rings. The summed E-state index contributed by atoms with van der Waals surface area (Å²) in [4.78, 5) is 2.47. The van der Waals surface area contributed by atoms with E-state index in [1.807, 2.05) is 6.07 Å². The molecule has 106 valence electrons. The number of nitrogens with two attached hydrogens (primary N) is 1. The van der Waals surface area contributed by atoms with E-state index in [9.17, 15) is 0 Å². The Hall–Kier alpha value is -0.480. The molecule has 1 heterocycles. The van der Waals surface area contributed by atoms with Gasteiger partial charge in [0.25, 0.3) is 0 Å². The maximum atomic E-state index is 6.14. The smallest absolute Gasteiger partial charge is 0.142 e. The Morgan fingerprint density at radius 3 is 2.63 bits per heavy atom. The highest BCUT2D eigenvalue weighted by Gasteiger charge is 2.12. The molecule has 1 aliphatic heterocycles. The maximum Gasteiger partial charge on any atom is 0.142 e. The molecule has 1 aromatic carbocycles. The van der Waals surface area contributed by atoms with Crippen molar-refractivity contribution < 1.29 is 4.74 Å². The van der Waals surface area contributed by atoms with Crippen molar-refractivity contribution >= 4 is 23.2 Å². The van der Waals surface area contributed by atoms with Crippen LogP contribution in [0.4, 0.5) is 0 Å². The first-order chi connectivity index (χ1) is 9.20. The predicted octanol–water partition coefficient (Wildman–Crippen LogP) is 3.32. The van der Waals surface area contributed by atoms with Gasteiger partial charge in [-0.25, -0.2) is 0 Å². The predicted molar refractivity (Wildman–Crippen MR) is 80.1 cm³/mol. The highest BCUT2D eigenvalue weighted by Crippen LogP contribution is 2.32. The number of benzene rings is 1. The van der Waals surface area contributed by atoms with E-state index in [-0.39, 0.29) is 0 Å². The summed E-state index contributed by atoms with van der Waals surface area (Å²) in [5, 5.41) is 1.13. The van der Waals surface area contributed by atoms with Crippen LogP contribution in [-0.4, -0.2) is 31.1 Å². The minimum absolute atomic E-state index is 0.377. The van der Waals surface area contributed by atoms with Gasteiger partial charge in [-0.1, -0.05) is 23.2 Å². The molecule has 3 nitrogen and oxygen atoms in total. The SMILES string of the molecule is NCc1cc(Cl)cc(Cl)c1OCCCN1CCCC1. The van der Waals surface area contributed by atoms with Gasteiger partial charge in [-0.15, -0.1) is 0 Å². The summed E-state index contributed by atoms with van der Waals surface area (Å²) < 4.78 is 5.78. The fourth-order valence-corrected chi connectivity index (χ4v) is 2.99. The molecule has 0 atom stereocenters. The van der Waals surface area contributed by atoms with Gasteiger partial charge in [0.2, 0.25) is 0 Å². The van der Waals surface area contributed by atoms with Crippen LogP contribution in [0, 0.1) is 0 Å². The van der Waals surface area contributed by atoms with Crippen molar-refractivity contribution in [1.82, 2.24) is 4.90 Å². The van der Waals surface area contributed by atoms with Crippen molar-refractivity contribution in [1.29, 1.82) is 0 Å². The average molecular weight is 303 g/mol. The summed E-state index contributed by atoms with van der Waals surface area (Å²) in [5.74, 6) is 0.676. The molecule has 0 aromatic heterocycles. The van der Waals surface area contributed by atoms with Gasteiger partial charge in [0.1, 0.15) is 5.75 Å². The highest BCUT2D eigenvalue weighted by molar-refractivity contribution is 6.35. The van der Waals surface area contributed by atoms with Gasteiger partial charge in [-0.05, 0) is 44.5 Å². The second-order valence-corrected chi connectivity index (χ2v) is 5.67. The van der Waals surface area contributed by atoms with Crippen molar-refractivity contribution in [2.24, 2.45) is 5.73 Å². The largest absolute Gasteiger partial charge is 0.492 e. The first kappa shape index (κ1) is 14.9. The van der Waals surface area contributed by atoms with Crippen molar-refractivity contribution in [2.45, 2.75) is 25.8 Å². The van der Waals surface area contributed by atoms with E-state index in [4.69, 9.17) is 33.7 Å². The molecule has 5 heteroatoms. The van der Waals surface area contributed by atoms with Crippen molar-refractivity contribution in [3.8, 4) is 5.75 Å². The number of rotatable bonds is 6. The zero-order chi connectivity index (χ0) is 13.7. The highest BCUT2D eigenvalue weighted by atomic mass is 35.5. The minimum Gasteiger partial charge on any atom is -0.492 e. The Morgan fingerprint density at radius 1 is 1.21 bits per heavy atom. The molecule has 2 N–H and O–H groups in total. The Morgan fingerprint density at radius 2 is 1.95 bits per heavy atom. The monoisotopic (exact) mass is 302 g/mol.